The maximum atomic E-state index is 11.4. The van der Waals surface area contributed by atoms with E-state index >= 15 is 0 Å². The third kappa shape index (κ3) is 1.94. The van der Waals surface area contributed by atoms with Crippen LogP contribution in [0, 0.1) is 5.92 Å². The molecule has 0 saturated carbocycles. The number of aryl methyl sites for hydroxylation is 1. The molecule has 1 heterocycles. The zero-order valence-corrected chi connectivity index (χ0v) is 7.74. The van der Waals surface area contributed by atoms with E-state index in [0.717, 1.165) is 6.42 Å². The first-order chi connectivity index (χ1) is 5.61. The molecule has 3 nitrogen and oxygen atoms in total. The van der Waals surface area contributed by atoms with Gasteiger partial charge >= 0.3 is 0 Å². The van der Waals surface area contributed by atoms with Crippen LogP contribution < -0.4 is 5.56 Å². The van der Waals surface area contributed by atoms with Crippen LogP contribution in [-0.2, 0) is 13.5 Å². The fourth-order valence-corrected chi connectivity index (χ4v) is 1.08. The van der Waals surface area contributed by atoms with Crippen molar-refractivity contribution in [2.24, 2.45) is 13.0 Å². The lowest BCUT2D eigenvalue weighted by atomic mass is 10.1. The van der Waals surface area contributed by atoms with Crippen LogP contribution >= 0.6 is 0 Å². The normalized spacial score (nSPS) is 10.7. The topological polar surface area (TPSA) is 34.9 Å². The Labute approximate surface area is 72.1 Å². The molecule has 0 spiro atoms. The standard InChI is InChI=1S/C9H14N2O/c1-7(2)6-8-9(12)11(3)5-4-10-8/h4-5,7H,6H2,1-3H3. The molecule has 0 amide bonds. The van der Waals surface area contributed by atoms with Crippen molar-refractivity contribution < 1.29 is 0 Å². The van der Waals surface area contributed by atoms with E-state index in [1.807, 2.05) is 0 Å². The van der Waals surface area contributed by atoms with Gasteiger partial charge in [0.25, 0.3) is 5.56 Å². The van der Waals surface area contributed by atoms with Gasteiger partial charge in [0, 0.05) is 19.4 Å². The molecule has 1 aromatic heterocycles. The Kier molecular flexibility index (Phi) is 2.63. The van der Waals surface area contributed by atoms with Crippen molar-refractivity contribution in [3.05, 3.63) is 28.4 Å². The Morgan fingerprint density at radius 2 is 2.25 bits per heavy atom. The predicted octanol–water partition coefficient (Wildman–Crippen LogP) is 0.979. The molecule has 1 aromatic rings. The average Bonchev–Trinajstić information content (AvgIpc) is 1.98. The summed E-state index contributed by atoms with van der Waals surface area (Å²) < 4.78 is 1.56. The van der Waals surface area contributed by atoms with E-state index in [-0.39, 0.29) is 5.56 Å². The fourth-order valence-electron chi connectivity index (χ4n) is 1.08. The maximum Gasteiger partial charge on any atom is 0.271 e. The summed E-state index contributed by atoms with van der Waals surface area (Å²) in [5.74, 6) is 0.479. The highest BCUT2D eigenvalue weighted by atomic mass is 16.1. The summed E-state index contributed by atoms with van der Waals surface area (Å²) in [6.45, 7) is 4.16. The number of aromatic nitrogens is 2. The lowest BCUT2D eigenvalue weighted by Crippen LogP contribution is -2.22. The second-order valence-electron chi connectivity index (χ2n) is 3.39. The molecule has 1 rings (SSSR count). The summed E-state index contributed by atoms with van der Waals surface area (Å²) in [5, 5.41) is 0. The van der Waals surface area contributed by atoms with Gasteiger partial charge in [0.2, 0.25) is 0 Å². The number of hydrogen-bond donors (Lipinski definition) is 0. The van der Waals surface area contributed by atoms with E-state index in [2.05, 4.69) is 18.8 Å². The summed E-state index contributed by atoms with van der Waals surface area (Å²) in [4.78, 5) is 15.5. The van der Waals surface area contributed by atoms with Crippen molar-refractivity contribution in [1.29, 1.82) is 0 Å². The lowest BCUT2D eigenvalue weighted by molar-refractivity contribution is 0.620. The number of hydrogen-bond acceptors (Lipinski definition) is 2. The van der Waals surface area contributed by atoms with E-state index < -0.39 is 0 Å². The smallest absolute Gasteiger partial charge is 0.271 e. The zero-order valence-electron chi connectivity index (χ0n) is 7.74. The highest BCUT2D eigenvalue weighted by Gasteiger charge is 2.04. The van der Waals surface area contributed by atoms with E-state index in [0.29, 0.717) is 11.6 Å². The molecule has 0 saturated heterocycles. The minimum absolute atomic E-state index is 0.0196. The van der Waals surface area contributed by atoms with Gasteiger partial charge in [-0.3, -0.25) is 9.78 Å². The lowest BCUT2D eigenvalue weighted by Gasteiger charge is -2.03. The van der Waals surface area contributed by atoms with Crippen LogP contribution in [0.5, 0.6) is 0 Å². The SMILES string of the molecule is CC(C)Cc1nccn(C)c1=O. The molecule has 0 aromatic carbocycles. The molecule has 0 aliphatic heterocycles. The van der Waals surface area contributed by atoms with Crippen molar-refractivity contribution in [3.8, 4) is 0 Å². The van der Waals surface area contributed by atoms with Gasteiger partial charge in [0.15, 0.2) is 0 Å². The molecular weight excluding hydrogens is 152 g/mol. The average molecular weight is 166 g/mol. The first-order valence-corrected chi connectivity index (χ1v) is 4.11. The van der Waals surface area contributed by atoms with Crippen LogP contribution in [0.1, 0.15) is 19.5 Å². The van der Waals surface area contributed by atoms with Crippen molar-refractivity contribution >= 4 is 0 Å². The van der Waals surface area contributed by atoms with E-state index in [1.54, 1.807) is 24.0 Å². The summed E-state index contributed by atoms with van der Waals surface area (Å²) in [7, 11) is 1.74. The second-order valence-corrected chi connectivity index (χ2v) is 3.39. The first kappa shape index (κ1) is 8.97. The minimum Gasteiger partial charge on any atom is -0.315 e. The third-order valence-electron chi connectivity index (χ3n) is 1.69. The third-order valence-corrected chi connectivity index (χ3v) is 1.69. The van der Waals surface area contributed by atoms with E-state index in [9.17, 15) is 4.79 Å². The molecule has 0 bridgehead atoms. The number of nitrogens with zero attached hydrogens (tertiary/aromatic N) is 2. The maximum absolute atomic E-state index is 11.4. The molecular formula is C9H14N2O. The number of rotatable bonds is 2. The largest absolute Gasteiger partial charge is 0.315 e. The van der Waals surface area contributed by atoms with Crippen LogP contribution in [0.25, 0.3) is 0 Å². The summed E-state index contributed by atoms with van der Waals surface area (Å²) in [5.41, 5.74) is 0.682. The van der Waals surface area contributed by atoms with Gasteiger partial charge in [-0.25, -0.2) is 0 Å². The first-order valence-electron chi connectivity index (χ1n) is 4.11. The van der Waals surface area contributed by atoms with Crippen LogP contribution in [0.3, 0.4) is 0 Å². The molecule has 0 atom stereocenters. The molecule has 12 heavy (non-hydrogen) atoms. The summed E-state index contributed by atoms with van der Waals surface area (Å²) in [6, 6.07) is 0. The minimum atomic E-state index is 0.0196. The van der Waals surface area contributed by atoms with Crippen molar-refractivity contribution in [2.45, 2.75) is 20.3 Å². The summed E-state index contributed by atoms with van der Waals surface area (Å²) in [6.07, 6.45) is 4.10. The Balaban J connectivity index is 3.01. The predicted molar refractivity (Wildman–Crippen MR) is 48.0 cm³/mol. The van der Waals surface area contributed by atoms with Gasteiger partial charge in [0.05, 0.1) is 0 Å². The summed E-state index contributed by atoms with van der Waals surface area (Å²) >= 11 is 0. The van der Waals surface area contributed by atoms with Crippen LogP contribution in [0.4, 0.5) is 0 Å². The molecule has 0 fully saturated rings. The monoisotopic (exact) mass is 166 g/mol. The highest BCUT2D eigenvalue weighted by Crippen LogP contribution is 1.99. The van der Waals surface area contributed by atoms with Crippen molar-refractivity contribution in [2.75, 3.05) is 0 Å². The van der Waals surface area contributed by atoms with E-state index in [1.165, 1.54) is 0 Å². The Bertz CT molecular complexity index is 315. The van der Waals surface area contributed by atoms with E-state index in [4.69, 9.17) is 0 Å². The van der Waals surface area contributed by atoms with Gasteiger partial charge < -0.3 is 4.57 Å². The molecule has 0 unspecified atom stereocenters. The molecule has 0 aliphatic rings. The molecule has 66 valence electrons. The van der Waals surface area contributed by atoms with Gasteiger partial charge in [-0.15, -0.1) is 0 Å². The van der Waals surface area contributed by atoms with Gasteiger partial charge in [-0.2, -0.15) is 0 Å². The van der Waals surface area contributed by atoms with Gasteiger partial charge in [0.1, 0.15) is 5.69 Å². The van der Waals surface area contributed by atoms with Crippen molar-refractivity contribution in [3.63, 3.8) is 0 Å². The molecule has 0 N–H and O–H groups in total. The Morgan fingerprint density at radius 1 is 1.58 bits per heavy atom. The molecule has 3 heteroatoms. The van der Waals surface area contributed by atoms with Crippen LogP contribution in [0.15, 0.2) is 17.2 Å². The van der Waals surface area contributed by atoms with Crippen LogP contribution in [0.2, 0.25) is 0 Å². The molecule has 0 aliphatic carbocycles. The van der Waals surface area contributed by atoms with Gasteiger partial charge in [-0.05, 0) is 12.3 Å². The highest BCUT2D eigenvalue weighted by molar-refractivity contribution is 4.97. The fraction of sp³-hybridized carbons (Fsp3) is 0.556. The van der Waals surface area contributed by atoms with Crippen molar-refractivity contribution in [1.82, 2.24) is 9.55 Å². The molecule has 0 radical (unpaired) electrons. The van der Waals surface area contributed by atoms with Crippen LogP contribution in [-0.4, -0.2) is 9.55 Å². The Hall–Kier alpha value is -1.12. The van der Waals surface area contributed by atoms with Gasteiger partial charge in [-0.1, -0.05) is 13.8 Å². The Morgan fingerprint density at radius 3 is 2.83 bits per heavy atom. The quantitative estimate of drug-likeness (QED) is 0.656. The zero-order chi connectivity index (χ0) is 9.14. The second kappa shape index (κ2) is 3.52.